The van der Waals surface area contributed by atoms with Crippen molar-refractivity contribution in [1.82, 2.24) is 0 Å². The van der Waals surface area contributed by atoms with Crippen LogP contribution in [0.3, 0.4) is 0 Å². The van der Waals surface area contributed by atoms with E-state index in [1.807, 2.05) is 0 Å². The van der Waals surface area contributed by atoms with E-state index in [-0.39, 0.29) is 17.4 Å². The molecule has 0 atom stereocenters. The van der Waals surface area contributed by atoms with Crippen LogP contribution in [0.2, 0.25) is 0 Å². The predicted molar refractivity (Wildman–Crippen MR) is 86.3 cm³/mol. The van der Waals surface area contributed by atoms with Gasteiger partial charge >= 0.3 is 0 Å². The summed E-state index contributed by atoms with van der Waals surface area (Å²) in [6, 6.07) is 7.83. The van der Waals surface area contributed by atoms with Gasteiger partial charge in [0, 0.05) is 23.7 Å². The van der Waals surface area contributed by atoms with Gasteiger partial charge in [0.25, 0.3) is 5.69 Å². The number of fused-ring (bicyclic) bond motifs is 1. The highest BCUT2D eigenvalue weighted by Gasteiger charge is 2.18. The van der Waals surface area contributed by atoms with Crippen LogP contribution in [-0.4, -0.2) is 23.2 Å². The molecule has 0 unspecified atom stereocenters. The molecule has 1 aliphatic heterocycles. The minimum absolute atomic E-state index is 0.0662. The van der Waals surface area contributed by atoms with Gasteiger partial charge in [-0.25, -0.2) is 4.39 Å². The first-order valence-corrected chi connectivity index (χ1v) is 7.47. The van der Waals surface area contributed by atoms with Gasteiger partial charge in [-0.05, 0) is 36.2 Å². The van der Waals surface area contributed by atoms with Crippen molar-refractivity contribution < 1.29 is 23.6 Å². The number of carbonyl (C=O) groups excluding carboxylic acids is 2. The monoisotopic (exact) mass is 344 g/mol. The largest absolute Gasteiger partial charge is 0.482 e. The Morgan fingerprint density at radius 1 is 1.24 bits per heavy atom. The normalized spacial score (nSPS) is 12.9. The first-order chi connectivity index (χ1) is 11.9. The second kappa shape index (κ2) is 6.68. The molecule has 0 saturated carbocycles. The van der Waals surface area contributed by atoms with E-state index in [1.54, 1.807) is 18.2 Å². The smallest absolute Gasteiger partial charge is 0.272 e. The summed E-state index contributed by atoms with van der Waals surface area (Å²) in [5, 5.41) is 13.3. The highest BCUT2D eigenvalue weighted by atomic mass is 19.1. The molecule has 2 aromatic carbocycles. The third kappa shape index (κ3) is 3.63. The molecule has 0 saturated heterocycles. The number of ether oxygens (including phenoxy) is 1. The molecule has 25 heavy (non-hydrogen) atoms. The van der Waals surface area contributed by atoms with Crippen molar-refractivity contribution in [2.24, 2.45) is 0 Å². The summed E-state index contributed by atoms with van der Waals surface area (Å²) in [4.78, 5) is 33.4. The minimum atomic E-state index is -0.907. The number of amides is 1. The van der Waals surface area contributed by atoms with Crippen molar-refractivity contribution in [2.75, 3.05) is 11.9 Å². The van der Waals surface area contributed by atoms with Gasteiger partial charge in [0.1, 0.15) is 0 Å². The van der Waals surface area contributed by atoms with Crippen molar-refractivity contribution in [2.45, 2.75) is 12.8 Å². The van der Waals surface area contributed by atoms with Gasteiger partial charge in [-0.1, -0.05) is 0 Å². The molecule has 1 amide bonds. The van der Waals surface area contributed by atoms with Crippen LogP contribution in [0.25, 0.3) is 0 Å². The molecule has 8 heteroatoms. The lowest BCUT2D eigenvalue weighted by Crippen LogP contribution is -2.20. The summed E-state index contributed by atoms with van der Waals surface area (Å²) in [7, 11) is 0. The zero-order valence-corrected chi connectivity index (χ0v) is 13.0. The van der Waals surface area contributed by atoms with Gasteiger partial charge in [-0.3, -0.25) is 19.7 Å². The van der Waals surface area contributed by atoms with E-state index in [0.717, 1.165) is 23.8 Å². The summed E-state index contributed by atoms with van der Waals surface area (Å²) in [5.74, 6) is -1.57. The fourth-order valence-corrected chi connectivity index (χ4v) is 2.50. The molecule has 0 aliphatic carbocycles. The van der Waals surface area contributed by atoms with E-state index in [0.29, 0.717) is 24.1 Å². The highest BCUT2D eigenvalue weighted by Crippen LogP contribution is 2.25. The number of halogens is 1. The van der Waals surface area contributed by atoms with Crippen LogP contribution in [-0.2, 0) is 11.2 Å². The number of carbonyl (C=O) groups is 2. The summed E-state index contributed by atoms with van der Waals surface area (Å²) in [6.45, 7) is -0.403. The number of nitro groups is 1. The SMILES string of the molecule is O=C1CCc2cc(C(=O)COc3ccc([N+](=O)[O-])cc3F)ccc2N1. The van der Waals surface area contributed by atoms with Gasteiger partial charge in [-0.15, -0.1) is 0 Å². The number of non-ortho nitro benzene ring substituents is 1. The molecule has 1 N–H and O–H groups in total. The number of ketones is 1. The lowest BCUT2D eigenvalue weighted by Gasteiger charge is -2.17. The maximum atomic E-state index is 13.7. The first kappa shape index (κ1) is 16.6. The Labute approximate surface area is 141 Å². The molecule has 2 aromatic rings. The lowest BCUT2D eigenvalue weighted by atomic mass is 9.99. The Morgan fingerprint density at radius 3 is 2.76 bits per heavy atom. The molecule has 0 radical (unpaired) electrons. The van der Waals surface area contributed by atoms with Crippen LogP contribution in [0, 0.1) is 15.9 Å². The fourth-order valence-electron chi connectivity index (χ4n) is 2.50. The standard InChI is InChI=1S/C17H13FN2O5/c18-13-8-12(20(23)24)3-5-16(13)25-9-15(21)11-1-4-14-10(7-11)2-6-17(22)19-14/h1,3-5,7-8H,2,6,9H2,(H,19,22). The van der Waals surface area contributed by atoms with Crippen molar-refractivity contribution >= 4 is 23.1 Å². The summed E-state index contributed by atoms with van der Waals surface area (Å²) in [6.07, 6.45) is 0.898. The van der Waals surface area contributed by atoms with Crippen LogP contribution < -0.4 is 10.1 Å². The van der Waals surface area contributed by atoms with E-state index in [4.69, 9.17) is 4.74 Å². The molecule has 0 fully saturated rings. The minimum Gasteiger partial charge on any atom is -0.482 e. The van der Waals surface area contributed by atoms with Crippen LogP contribution >= 0.6 is 0 Å². The van der Waals surface area contributed by atoms with Crippen LogP contribution in [0.5, 0.6) is 5.75 Å². The Morgan fingerprint density at radius 2 is 2.04 bits per heavy atom. The Kier molecular flexibility index (Phi) is 4.42. The van der Waals surface area contributed by atoms with Crippen LogP contribution in [0.1, 0.15) is 22.3 Å². The second-order valence-electron chi connectivity index (χ2n) is 5.50. The van der Waals surface area contributed by atoms with E-state index in [2.05, 4.69) is 5.32 Å². The molecular formula is C17H13FN2O5. The highest BCUT2D eigenvalue weighted by molar-refractivity contribution is 5.99. The zero-order valence-electron chi connectivity index (χ0n) is 13.0. The molecule has 1 heterocycles. The van der Waals surface area contributed by atoms with E-state index >= 15 is 0 Å². The quantitative estimate of drug-likeness (QED) is 0.511. The average Bonchev–Trinajstić information content (AvgIpc) is 2.59. The van der Waals surface area contributed by atoms with Crippen molar-refractivity contribution in [3.05, 3.63) is 63.5 Å². The molecule has 3 rings (SSSR count). The van der Waals surface area contributed by atoms with E-state index in [1.165, 1.54) is 0 Å². The van der Waals surface area contributed by atoms with Crippen molar-refractivity contribution in [1.29, 1.82) is 0 Å². The van der Waals surface area contributed by atoms with Crippen LogP contribution in [0.4, 0.5) is 15.8 Å². The molecule has 7 nitrogen and oxygen atoms in total. The molecular weight excluding hydrogens is 331 g/mol. The van der Waals surface area contributed by atoms with Gasteiger partial charge < -0.3 is 10.1 Å². The molecule has 1 aliphatic rings. The number of nitrogens with one attached hydrogen (secondary N) is 1. The zero-order chi connectivity index (χ0) is 18.0. The maximum Gasteiger partial charge on any atom is 0.272 e. The lowest BCUT2D eigenvalue weighted by molar-refractivity contribution is -0.385. The molecule has 0 aromatic heterocycles. The number of rotatable bonds is 5. The average molecular weight is 344 g/mol. The summed E-state index contributed by atoms with van der Waals surface area (Å²) in [5.41, 5.74) is 1.52. The Balaban J connectivity index is 1.69. The fraction of sp³-hybridized carbons (Fsp3) is 0.176. The number of nitrogens with zero attached hydrogens (tertiary/aromatic N) is 1. The van der Waals surface area contributed by atoms with Crippen molar-refractivity contribution in [3.63, 3.8) is 0 Å². The third-order valence-corrected chi connectivity index (χ3v) is 3.81. The Hall–Kier alpha value is -3.29. The van der Waals surface area contributed by atoms with Gasteiger partial charge in [-0.2, -0.15) is 0 Å². The number of nitro benzene ring substituents is 1. The number of benzene rings is 2. The number of hydrogen-bond acceptors (Lipinski definition) is 5. The van der Waals surface area contributed by atoms with Crippen LogP contribution in [0.15, 0.2) is 36.4 Å². The Bertz CT molecular complexity index is 881. The van der Waals surface area contributed by atoms with E-state index < -0.39 is 23.0 Å². The van der Waals surface area contributed by atoms with Gasteiger partial charge in [0.05, 0.1) is 11.0 Å². The van der Waals surface area contributed by atoms with E-state index in [9.17, 15) is 24.1 Å². The summed E-state index contributed by atoms with van der Waals surface area (Å²) < 4.78 is 18.9. The predicted octanol–water partition coefficient (Wildman–Crippen LogP) is 2.88. The number of anilines is 1. The maximum absolute atomic E-state index is 13.7. The van der Waals surface area contributed by atoms with Crippen molar-refractivity contribution in [3.8, 4) is 5.75 Å². The topological polar surface area (TPSA) is 98.5 Å². The molecule has 0 bridgehead atoms. The third-order valence-electron chi connectivity index (χ3n) is 3.81. The first-order valence-electron chi connectivity index (χ1n) is 7.47. The number of aryl methyl sites for hydroxylation is 1. The van der Waals surface area contributed by atoms with Gasteiger partial charge in [0.15, 0.2) is 24.0 Å². The number of Topliss-reactive ketones (excluding diaryl/α,β-unsaturated/α-hetero) is 1. The summed E-state index contributed by atoms with van der Waals surface area (Å²) >= 11 is 0. The molecule has 128 valence electrons. The molecule has 0 spiro atoms. The number of hydrogen-bond donors (Lipinski definition) is 1. The second-order valence-corrected chi connectivity index (χ2v) is 5.50. The van der Waals surface area contributed by atoms with Gasteiger partial charge in [0.2, 0.25) is 5.91 Å².